The Bertz CT molecular complexity index is 220. The lowest BCUT2D eigenvalue weighted by Gasteiger charge is -2.55. The van der Waals surface area contributed by atoms with Crippen molar-refractivity contribution in [2.45, 2.75) is 31.4 Å². The predicted molar refractivity (Wildman–Crippen MR) is 65.5 cm³/mol. The van der Waals surface area contributed by atoms with E-state index in [1.54, 1.807) is 0 Å². The molecule has 2 aliphatic rings. The van der Waals surface area contributed by atoms with E-state index in [4.69, 9.17) is 10.5 Å². The van der Waals surface area contributed by atoms with Gasteiger partial charge >= 0.3 is 0 Å². The average Bonchev–Trinajstić information content (AvgIpc) is 2.24. The summed E-state index contributed by atoms with van der Waals surface area (Å²) in [5.74, 6) is 0. The first-order valence-electron chi connectivity index (χ1n) is 6.45. The Morgan fingerprint density at radius 2 is 1.88 bits per heavy atom. The molecule has 0 atom stereocenters. The van der Waals surface area contributed by atoms with E-state index in [2.05, 4.69) is 23.8 Å². The summed E-state index contributed by atoms with van der Waals surface area (Å²) in [6.07, 6.45) is 2.70. The summed E-state index contributed by atoms with van der Waals surface area (Å²) in [7, 11) is 2.19. The number of nitrogens with two attached hydrogens (primary N) is 1. The SMILES string of the molecule is CCOC1CC(CN)(N2CCN(C)CC2)C1. The van der Waals surface area contributed by atoms with Crippen LogP contribution in [0, 0.1) is 0 Å². The molecule has 2 N–H and O–H groups in total. The van der Waals surface area contributed by atoms with Gasteiger partial charge < -0.3 is 15.4 Å². The van der Waals surface area contributed by atoms with E-state index in [1.807, 2.05) is 0 Å². The number of likely N-dealkylation sites (N-methyl/N-ethyl adjacent to an activating group) is 1. The van der Waals surface area contributed by atoms with Gasteiger partial charge in [-0.05, 0) is 26.8 Å². The number of hydrogen-bond acceptors (Lipinski definition) is 4. The Kier molecular flexibility index (Phi) is 3.85. The number of rotatable bonds is 4. The van der Waals surface area contributed by atoms with Crippen LogP contribution in [0.4, 0.5) is 0 Å². The van der Waals surface area contributed by atoms with Gasteiger partial charge in [-0.1, -0.05) is 0 Å². The smallest absolute Gasteiger partial charge is 0.0611 e. The molecule has 0 spiro atoms. The van der Waals surface area contributed by atoms with Crippen molar-refractivity contribution >= 4 is 0 Å². The maximum Gasteiger partial charge on any atom is 0.0611 e. The van der Waals surface area contributed by atoms with Crippen LogP contribution in [0.25, 0.3) is 0 Å². The summed E-state index contributed by atoms with van der Waals surface area (Å²) in [4.78, 5) is 4.97. The predicted octanol–water partition coefficient (Wildman–Crippen LogP) is 0.130. The number of nitrogens with zero attached hydrogens (tertiary/aromatic N) is 2. The van der Waals surface area contributed by atoms with Crippen molar-refractivity contribution in [3.63, 3.8) is 0 Å². The molecule has 0 radical (unpaired) electrons. The van der Waals surface area contributed by atoms with Gasteiger partial charge in [0.1, 0.15) is 0 Å². The number of ether oxygens (including phenoxy) is 1. The number of hydrogen-bond donors (Lipinski definition) is 1. The summed E-state index contributed by atoms with van der Waals surface area (Å²) in [6, 6.07) is 0. The van der Waals surface area contributed by atoms with Crippen LogP contribution >= 0.6 is 0 Å². The molecule has 4 nitrogen and oxygen atoms in total. The second-order valence-corrected chi connectivity index (χ2v) is 5.20. The molecular formula is C12H25N3O. The van der Waals surface area contributed by atoms with Crippen LogP contribution < -0.4 is 5.73 Å². The molecule has 2 fully saturated rings. The van der Waals surface area contributed by atoms with Crippen LogP contribution in [0.5, 0.6) is 0 Å². The van der Waals surface area contributed by atoms with Gasteiger partial charge in [0, 0.05) is 44.9 Å². The van der Waals surface area contributed by atoms with E-state index in [0.717, 1.165) is 39.1 Å². The van der Waals surface area contributed by atoms with Gasteiger partial charge in [0.25, 0.3) is 0 Å². The fourth-order valence-corrected chi connectivity index (χ4v) is 2.98. The Hall–Kier alpha value is -0.160. The molecule has 0 aromatic rings. The summed E-state index contributed by atoms with van der Waals surface area (Å²) in [6.45, 7) is 8.33. The lowest BCUT2D eigenvalue weighted by molar-refractivity contribution is -0.109. The highest BCUT2D eigenvalue weighted by molar-refractivity contribution is 5.05. The fraction of sp³-hybridized carbons (Fsp3) is 1.00. The van der Waals surface area contributed by atoms with Crippen LogP contribution in [0.1, 0.15) is 19.8 Å². The Balaban J connectivity index is 1.86. The molecule has 0 amide bonds. The Morgan fingerprint density at radius 3 is 2.38 bits per heavy atom. The van der Waals surface area contributed by atoms with Crippen molar-refractivity contribution in [1.82, 2.24) is 9.80 Å². The zero-order valence-corrected chi connectivity index (χ0v) is 10.6. The molecule has 0 aromatic heterocycles. The summed E-state index contributed by atoms with van der Waals surface area (Å²) in [5, 5.41) is 0. The summed E-state index contributed by atoms with van der Waals surface area (Å²) < 4.78 is 5.65. The molecule has 4 heteroatoms. The monoisotopic (exact) mass is 227 g/mol. The van der Waals surface area contributed by atoms with Crippen molar-refractivity contribution in [1.29, 1.82) is 0 Å². The van der Waals surface area contributed by atoms with E-state index in [0.29, 0.717) is 6.10 Å². The molecule has 2 rings (SSSR count). The second kappa shape index (κ2) is 5.00. The first-order chi connectivity index (χ1) is 7.70. The largest absolute Gasteiger partial charge is 0.378 e. The third-order valence-corrected chi connectivity index (χ3v) is 4.17. The van der Waals surface area contributed by atoms with Gasteiger partial charge in [-0.3, -0.25) is 4.90 Å². The first-order valence-corrected chi connectivity index (χ1v) is 6.45. The number of piperazine rings is 1. The zero-order valence-electron chi connectivity index (χ0n) is 10.6. The molecule has 1 aliphatic heterocycles. The topological polar surface area (TPSA) is 41.7 Å². The standard InChI is InChI=1S/C12H25N3O/c1-3-16-11-8-12(9-11,10-13)15-6-4-14(2)5-7-15/h11H,3-10,13H2,1-2H3. The molecule has 0 bridgehead atoms. The van der Waals surface area contributed by atoms with Crippen LogP contribution in [0.2, 0.25) is 0 Å². The van der Waals surface area contributed by atoms with Crippen molar-refractivity contribution in [2.75, 3.05) is 46.4 Å². The van der Waals surface area contributed by atoms with Crippen LogP contribution in [-0.4, -0.2) is 67.8 Å². The van der Waals surface area contributed by atoms with E-state index < -0.39 is 0 Å². The third kappa shape index (κ3) is 2.25. The van der Waals surface area contributed by atoms with Gasteiger partial charge in [0.15, 0.2) is 0 Å². The maximum atomic E-state index is 5.98. The molecule has 94 valence electrons. The minimum atomic E-state index is 0.251. The van der Waals surface area contributed by atoms with E-state index in [-0.39, 0.29) is 5.54 Å². The van der Waals surface area contributed by atoms with Gasteiger partial charge in [-0.25, -0.2) is 0 Å². The average molecular weight is 227 g/mol. The molecular weight excluding hydrogens is 202 g/mol. The zero-order chi connectivity index (χ0) is 11.6. The van der Waals surface area contributed by atoms with Crippen molar-refractivity contribution in [3.8, 4) is 0 Å². The van der Waals surface area contributed by atoms with E-state index in [9.17, 15) is 0 Å². The van der Waals surface area contributed by atoms with Gasteiger partial charge in [-0.15, -0.1) is 0 Å². The van der Waals surface area contributed by atoms with Crippen molar-refractivity contribution in [2.24, 2.45) is 5.73 Å². The van der Waals surface area contributed by atoms with Crippen molar-refractivity contribution in [3.05, 3.63) is 0 Å². The minimum Gasteiger partial charge on any atom is -0.378 e. The molecule has 1 saturated carbocycles. The van der Waals surface area contributed by atoms with E-state index in [1.165, 1.54) is 13.1 Å². The lowest BCUT2D eigenvalue weighted by atomic mass is 9.72. The molecule has 1 heterocycles. The fourth-order valence-electron chi connectivity index (χ4n) is 2.98. The van der Waals surface area contributed by atoms with Gasteiger partial charge in [0.2, 0.25) is 0 Å². The molecule has 0 aromatic carbocycles. The second-order valence-electron chi connectivity index (χ2n) is 5.20. The van der Waals surface area contributed by atoms with Crippen molar-refractivity contribution < 1.29 is 4.74 Å². The lowest BCUT2D eigenvalue weighted by Crippen LogP contribution is -2.67. The van der Waals surface area contributed by atoms with Crippen LogP contribution in [0.15, 0.2) is 0 Å². The highest BCUT2D eigenvalue weighted by Gasteiger charge is 2.48. The normalized spacial score (nSPS) is 37.3. The van der Waals surface area contributed by atoms with Crippen LogP contribution in [0.3, 0.4) is 0 Å². The maximum absolute atomic E-state index is 5.98. The quantitative estimate of drug-likeness (QED) is 0.741. The Morgan fingerprint density at radius 1 is 1.25 bits per heavy atom. The van der Waals surface area contributed by atoms with Gasteiger partial charge in [-0.2, -0.15) is 0 Å². The Labute approximate surface area is 98.7 Å². The molecule has 0 unspecified atom stereocenters. The molecule has 1 saturated heterocycles. The third-order valence-electron chi connectivity index (χ3n) is 4.17. The summed E-state index contributed by atoms with van der Waals surface area (Å²) in [5.41, 5.74) is 6.23. The van der Waals surface area contributed by atoms with E-state index >= 15 is 0 Å². The highest BCUT2D eigenvalue weighted by Crippen LogP contribution is 2.39. The minimum absolute atomic E-state index is 0.251. The summed E-state index contributed by atoms with van der Waals surface area (Å²) >= 11 is 0. The van der Waals surface area contributed by atoms with Gasteiger partial charge in [0.05, 0.1) is 6.10 Å². The first kappa shape index (κ1) is 12.3. The molecule has 16 heavy (non-hydrogen) atoms. The molecule has 1 aliphatic carbocycles. The highest BCUT2D eigenvalue weighted by atomic mass is 16.5. The van der Waals surface area contributed by atoms with Crippen LogP contribution in [-0.2, 0) is 4.74 Å².